The quantitative estimate of drug-likeness (QED) is 0.755. The highest BCUT2D eigenvalue weighted by molar-refractivity contribution is 5.69. The van der Waals surface area contributed by atoms with Gasteiger partial charge in [0, 0.05) is 6.54 Å². The number of carbonyl (C=O) groups is 2. The monoisotopic (exact) mass is 384 g/mol. The Bertz CT molecular complexity index is 742. The van der Waals surface area contributed by atoms with Crippen LogP contribution in [0.3, 0.4) is 0 Å². The van der Waals surface area contributed by atoms with E-state index in [4.69, 9.17) is 9.47 Å². The zero-order valence-electron chi connectivity index (χ0n) is 16.6. The van der Waals surface area contributed by atoms with Crippen LogP contribution < -0.4 is 10.6 Å². The Hall–Kier alpha value is -3.02. The molecule has 150 valence electrons. The minimum Gasteiger partial charge on any atom is -0.445 e. The number of rotatable bonds is 7. The molecule has 28 heavy (non-hydrogen) atoms. The molecule has 2 aromatic rings. The number of nitrogens with one attached hydrogen (secondary N) is 2. The summed E-state index contributed by atoms with van der Waals surface area (Å²) in [5.74, 6) is 0. The Balaban J connectivity index is 1.91. The standard InChI is InChI=1S/C22H28N2O4/c1-22(2,3)28-20(25)23-15-19(14-17-10-6-4-7-11-17)24-21(26)27-16-18-12-8-5-9-13-18/h4-13,19H,14-16H2,1-3H3,(H,23,25)(H,24,26). The van der Waals surface area contributed by atoms with Crippen molar-refractivity contribution < 1.29 is 19.1 Å². The first-order valence-corrected chi connectivity index (χ1v) is 9.30. The lowest BCUT2D eigenvalue weighted by Gasteiger charge is -2.22. The van der Waals surface area contributed by atoms with Crippen LogP contribution in [0.4, 0.5) is 9.59 Å². The Morgan fingerprint density at radius 1 is 0.893 bits per heavy atom. The number of benzene rings is 2. The number of alkyl carbamates (subject to hydrolysis) is 2. The Morgan fingerprint density at radius 3 is 2.04 bits per heavy atom. The van der Waals surface area contributed by atoms with Crippen molar-refractivity contribution in [3.8, 4) is 0 Å². The van der Waals surface area contributed by atoms with E-state index in [0.717, 1.165) is 11.1 Å². The summed E-state index contributed by atoms with van der Waals surface area (Å²) in [7, 11) is 0. The van der Waals surface area contributed by atoms with Crippen LogP contribution in [0.5, 0.6) is 0 Å². The fourth-order valence-corrected chi connectivity index (χ4v) is 2.53. The molecule has 0 aromatic heterocycles. The SMILES string of the molecule is CC(C)(C)OC(=O)NCC(Cc1ccccc1)NC(=O)OCc1ccccc1. The van der Waals surface area contributed by atoms with Crippen LogP contribution in [-0.4, -0.2) is 30.4 Å². The molecule has 2 N–H and O–H groups in total. The third kappa shape index (κ3) is 8.58. The fourth-order valence-electron chi connectivity index (χ4n) is 2.53. The van der Waals surface area contributed by atoms with Crippen molar-refractivity contribution in [1.29, 1.82) is 0 Å². The van der Waals surface area contributed by atoms with E-state index >= 15 is 0 Å². The van der Waals surface area contributed by atoms with E-state index in [1.165, 1.54) is 0 Å². The van der Waals surface area contributed by atoms with Gasteiger partial charge in [-0.1, -0.05) is 60.7 Å². The largest absolute Gasteiger partial charge is 0.445 e. The molecule has 1 unspecified atom stereocenters. The maximum atomic E-state index is 12.2. The predicted octanol–water partition coefficient (Wildman–Crippen LogP) is 4.05. The predicted molar refractivity (Wildman–Crippen MR) is 108 cm³/mol. The second kappa shape index (κ2) is 10.3. The van der Waals surface area contributed by atoms with Crippen LogP contribution in [0, 0.1) is 0 Å². The molecule has 2 aromatic carbocycles. The summed E-state index contributed by atoms with van der Waals surface area (Å²) >= 11 is 0. The van der Waals surface area contributed by atoms with Gasteiger partial charge in [0.25, 0.3) is 0 Å². The zero-order valence-corrected chi connectivity index (χ0v) is 16.6. The van der Waals surface area contributed by atoms with Crippen LogP contribution in [-0.2, 0) is 22.5 Å². The summed E-state index contributed by atoms with van der Waals surface area (Å²) in [5.41, 5.74) is 1.37. The molecule has 0 saturated carbocycles. The summed E-state index contributed by atoms with van der Waals surface area (Å²) in [6.45, 7) is 5.81. The highest BCUT2D eigenvalue weighted by Gasteiger charge is 2.19. The van der Waals surface area contributed by atoms with E-state index in [1.54, 1.807) is 20.8 Å². The van der Waals surface area contributed by atoms with E-state index in [-0.39, 0.29) is 19.2 Å². The van der Waals surface area contributed by atoms with Crippen LogP contribution in [0.15, 0.2) is 60.7 Å². The summed E-state index contributed by atoms with van der Waals surface area (Å²) in [6, 6.07) is 18.9. The first-order chi connectivity index (χ1) is 13.3. The maximum Gasteiger partial charge on any atom is 0.407 e. The first kappa shape index (κ1) is 21.3. The molecule has 0 heterocycles. The lowest BCUT2D eigenvalue weighted by atomic mass is 10.1. The zero-order chi connectivity index (χ0) is 20.4. The first-order valence-electron chi connectivity index (χ1n) is 9.30. The minimum absolute atomic E-state index is 0.185. The molecular weight excluding hydrogens is 356 g/mol. The van der Waals surface area contributed by atoms with Crippen LogP contribution in [0.1, 0.15) is 31.9 Å². The smallest absolute Gasteiger partial charge is 0.407 e. The molecule has 6 nitrogen and oxygen atoms in total. The minimum atomic E-state index is -0.582. The van der Waals surface area contributed by atoms with Crippen molar-refractivity contribution in [2.45, 2.75) is 45.4 Å². The normalized spacial score (nSPS) is 12.0. The van der Waals surface area contributed by atoms with Gasteiger partial charge in [0.1, 0.15) is 12.2 Å². The molecule has 0 spiro atoms. The van der Waals surface area contributed by atoms with Crippen LogP contribution in [0.25, 0.3) is 0 Å². The topological polar surface area (TPSA) is 76.7 Å². The summed E-state index contributed by atoms with van der Waals surface area (Å²) in [4.78, 5) is 24.1. The van der Waals surface area contributed by atoms with Gasteiger partial charge in [0.15, 0.2) is 0 Å². The highest BCUT2D eigenvalue weighted by atomic mass is 16.6. The van der Waals surface area contributed by atoms with Crippen molar-refractivity contribution in [3.05, 3.63) is 71.8 Å². The van der Waals surface area contributed by atoms with Gasteiger partial charge in [0.05, 0.1) is 6.04 Å². The number of amides is 2. The molecule has 0 radical (unpaired) electrons. The van der Waals surface area contributed by atoms with Gasteiger partial charge in [-0.3, -0.25) is 0 Å². The molecule has 1 atom stereocenters. The van der Waals surface area contributed by atoms with Gasteiger partial charge < -0.3 is 20.1 Å². The average Bonchev–Trinajstić information content (AvgIpc) is 2.65. The molecule has 0 aliphatic carbocycles. The Morgan fingerprint density at radius 2 is 1.46 bits per heavy atom. The number of ether oxygens (including phenoxy) is 2. The van der Waals surface area contributed by atoms with E-state index in [9.17, 15) is 9.59 Å². The van der Waals surface area contributed by atoms with Crippen LogP contribution >= 0.6 is 0 Å². The number of hydrogen-bond donors (Lipinski definition) is 2. The molecule has 0 fully saturated rings. The average molecular weight is 384 g/mol. The van der Waals surface area contributed by atoms with Gasteiger partial charge in [-0.05, 0) is 38.3 Å². The summed E-state index contributed by atoms with van der Waals surface area (Å²) in [5, 5.41) is 5.53. The summed E-state index contributed by atoms with van der Waals surface area (Å²) in [6.07, 6.45) is -0.502. The summed E-state index contributed by atoms with van der Waals surface area (Å²) < 4.78 is 10.5. The van der Waals surface area contributed by atoms with Crippen molar-refractivity contribution in [3.63, 3.8) is 0 Å². The van der Waals surface area contributed by atoms with E-state index in [2.05, 4.69) is 10.6 Å². The van der Waals surface area contributed by atoms with E-state index in [1.807, 2.05) is 60.7 Å². The lowest BCUT2D eigenvalue weighted by molar-refractivity contribution is 0.0520. The van der Waals surface area contributed by atoms with Crippen LogP contribution in [0.2, 0.25) is 0 Å². The third-order valence-corrected chi connectivity index (χ3v) is 3.75. The van der Waals surface area contributed by atoms with Crippen molar-refractivity contribution in [2.75, 3.05) is 6.54 Å². The van der Waals surface area contributed by atoms with Gasteiger partial charge in [0.2, 0.25) is 0 Å². The molecule has 2 rings (SSSR count). The molecule has 6 heteroatoms. The molecule has 0 bridgehead atoms. The van der Waals surface area contributed by atoms with Gasteiger partial charge >= 0.3 is 12.2 Å². The van der Waals surface area contributed by atoms with Crippen molar-refractivity contribution in [2.24, 2.45) is 0 Å². The highest BCUT2D eigenvalue weighted by Crippen LogP contribution is 2.08. The van der Waals surface area contributed by atoms with Crippen molar-refractivity contribution in [1.82, 2.24) is 10.6 Å². The molecule has 0 saturated heterocycles. The Kier molecular flexibility index (Phi) is 7.87. The lowest BCUT2D eigenvalue weighted by Crippen LogP contribution is -2.46. The third-order valence-electron chi connectivity index (χ3n) is 3.75. The molecule has 2 amide bonds. The fraction of sp³-hybridized carbons (Fsp3) is 0.364. The number of hydrogen-bond acceptors (Lipinski definition) is 4. The molecule has 0 aliphatic rings. The van der Waals surface area contributed by atoms with Gasteiger partial charge in [-0.25, -0.2) is 9.59 Å². The second-order valence-electron chi connectivity index (χ2n) is 7.48. The van der Waals surface area contributed by atoms with Crippen molar-refractivity contribution >= 4 is 12.2 Å². The maximum absolute atomic E-state index is 12.2. The molecule has 0 aliphatic heterocycles. The molecular formula is C22H28N2O4. The van der Waals surface area contributed by atoms with Gasteiger partial charge in [-0.15, -0.1) is 0 Å². The number of carbonyl (C=O) groups excluding carboxylic acids is 2. The Labute approximate surface area is 166 Å². The van der Waals surface area contributed by atoms with E-state index in [0.29, 0.717) is 6.42 Å². The second-order valence-corrected chi connectivity index (χ2v) is 7.48. The van der Waals surface area contributed by atoms with E-state index < -0.39 is 17.8 Å². The van der Waals surface area contributed by atoms with Gasteiger partial charge in [-0.2, -0.15) is 0 Å².